The molecule has 1 aromatic heterocycles. The molecule has 4 rings (SSSR count). The lowest BCUT2D eigenvalue weighted by Crippen LogP contribution is -2.36. The van der Waals surface area contributed by atoms with Crippen LogP contribution in [0.1, 0.15) is 18.7 Å². The van der Waals surface area contributed by atoms with Gasteiger partial charge in [0.1, 0.15) is 5.75 Å². The molecule has 0 fully saturated rings. The van der Waals surface area contributed by atoms with Gasteiger partial charge in [-0.15, -0.1) is 10.2 Å². The molecule has 3 aromatic rings. The van der Waals surface area contributed by atoms with Gasteiger partial charge in [0.15, 0.2) is 5.69 Å². The number of rotatable bonds is 3. The molecule has 1 amide bonds. The molecular formula is C20H17BrN4O3S. The van der Waals surface area contributed by atoms with Crippen LogP contribution in [0, 0.1) is 0 Å². The van der Waals surface area contributed by atoms with Crippen LogP contribution in [0.15, 0.2) is 52.1 Å². The fourth-order valence-electron chi connectivity index (χ4n) is 3.24. The number of thioether (sulfide) groups is 1. The summed E-state index contributed by atoms with van der Waals surface area (Å²) in [5.74, 6) is 0.723. The largest absolute Gasteiger partial charge is 0.496 e. The van der Waals surface area contributed by atoms with Crippen molar-refractivity contribution in [1.29, 1.82) is 0 Å². The molecule has 1 unspecified atom stereocenters. The molecule has 0 N–H and O–H groups in total. The maximum atomic E-state index is 12.8. The van der Waals surface area contributed by atoms with Gasteiger partial charge >= 0.3 is 0 Å². The Morgan fingerprint density at radius 1 is 1.24 bits per heavy atom. The van der Waals surface area contributed by atoms with Gasteiger partial charge < -0.3 is 9.47 Å². The fraction of sp³-hybridized carbons (Fsp3) is 0.200. The van der Waals surface area contributed by atoms with Gasteiger partial charge in [-0.2, -0.15) is 4.98 Å². The molecule has 0 bridgehead atoms. The molecule has 1 atom stereocenters. The summed E-state index contributed by atoms with van der Waals surface area (Å²) in [7, 11) is 1.58. The van der Waals surface area contributed by atoms with Crippen LogP contribution in [0.3, 0.4) is 0 Å². The molecule has 1 aliphatic heterocycles. The van der Waals surface area contributed by atoms with E-state index in [1.165, 1.54) is 18.7 Å². The molecule has 29 heavy (non-hydrogen) atoms. The zero-order chi connectivity index (χ0) is 20.5. The number of aromatic nitrogens is 3. The molecular weight excluding hydrogens is 456 g/mol. The maximum Gasteiger partial charge on any atom is 0.247 e. The minimum atomic E-state index is -0.797. The number of methoxy groups -OCH3 is 1. The number of hydrogen-bond donors (Lipinski definition) is 0. The Hall–Kier alpha value is -2.65. The lowest BCUT2D eigenvalue weighted by atomic mass is 10.1. The van der Waals surface area contributed by atoms with Crippen molar-refractivity contribution < 1.29 is 14.3 Å². The third-order valence-corrected chi connectivity index (χ3v) is 5.52. The lowest BCUT2D eigenvalue weighted by molar-refractivity contribution is -0.118. The number of fused-ring (bicyclic) bond motifs is 3. The number of anilines is 1. The van der Waals surface area contributed by atoms with E-state index in [2.05, 4.69) is 31.1 Å². The highest BCUT2D eigenvalue weighted by Gasteiger charge is 2.36. The van der Waals surface area contributed by atoms with E-state index in [1.807, 2.05) is 48.7 Å². The van der Waals surface area contributed by atoms with Crippen LogP contribution in [0.2, 0.25) is 0 Å². The third kappa shape index (κ3) is 3.56. The predicted molar refractivity (Wildman–Crippen MR) is 114 cm³/mol. The average Bonchev–Trinajstić information content (AvgIpc) is 2.87. The van der Waals surface area contributed by atoms with Crippen LogP contribution in [0.4, 0.5) is 5.69 Å². The second kappa shape index (κ2) is 8.00. The first-order valence-electron chi connectivity index (χ1n) is 8.71. The summed E-state index contributed by atoms with van der Waals surface area (Å²) in [4.78, 5) is 18.9. The van der Waals surface area contributed by atoms with E-state index in [-0.39, 0.29) is 5.91 Å². The quantitative estimate of drug-likeness (QED) is 0.520. The maximum absolute atomic E-state index is 12.8. The van der Waals surface area contributed by atoms with E-state index >= 15 is 0 Å². The zero-order valence-corrected chi connectivity index (χ0v) is 18.3. The Kier molecular flexibility index (Phi) is 5.42. The van der Waals surface area contributed by atoms with E-state index in [9.17, 15) is 4.79 Å². The van der Waals surface area contributed by atoms with E-state index in [0.717, 1.165) is 10.0 Å². The lowest BCUT2D eigenvalue weighted by Gasteiger charge is -2.30. The molecule has 2 heterocycles. The molecule has 1 aliphatic rings. The molecule has 2 aromatic carbocycles. The van der Waals surface area contributed by atoms with Crippen LogP contribution in [0.25, 0.3) is 11.3 Å². The molecule has 0 saturated heterocycles. The average molecular weight is 473 g/mol. The Bertz CT molecular complexity index is 1100. The Labute approximate surface area is 180 Å². The third-order valence-electron chi connectivity index (χ3n) is 4.49. The molecule has 0 saturated carbocycles. The van der Waals surface area contributed by atoms with Crippen LogP contribution in [0.5, 0.6) is 11.6 Å². The van der Waals surface area contributed by atoms with Crippen LogP contribution in [-0.2, 0) is 4.79 Å². The van der Waals surface area contributed by atoms with Crippen LogP contribution >= 0.6 is 27.7 Å². The fourth-order valence-corrected chi connectivity index (χ4v) is 3.92. The van der Waals surface area contributed by atoms with Crippen molar-refractivity contribution >= 4 is 39.3 Å². The van der Waals surface area contributed by atoms with Gasteiger partial charge in [-0.05, 0) is 30.5 Å². The second-order valence-electron chi connectivity index (χ2n) is 6.21. The second-order valence-corrected chi connectivity index (χ2v) is 7.90. The summed E-state index contributed by atoms with van der Waals surface area (Å²) in [6, 6.07) is 13.0. The van der Waals surface area contributed by atoms with E-state index in [1.54, 1.807) is 12.0 Å². The smallest absolute Gasteiger partial charge is 0.247 e. The first-order chi connectivity index (χ1) is 14.0. The van der Waals surface area contributed by atoms with Crippen LogP contribution < -0.4 is 14.4 Å². The Balaban J connectivity index is 2.01. The SMILES string of the molecule is COc1ccc(Br)cc1C1Oc2nc(SC)nnc2-c2ccccc2N1C(C)=O. The summed E-state index contributed by atoms with van der Waals surface area (Å²) >= 11 is 4.87. The van der Waals surface area contributed by atoms with Crippen molar-refractivity contribution in [2.45, 2.75) is 18.3 Å². The molecule has 0 aliphatic carbocycles. The Morgan fingerprint density at radius 2 is 2.03 bits per heavy atom. The topological polar surface area (TPSA) is 77.4 Å². The van der Waals surface area contributed by atoms with Crippen molar-refractivity contribution in [3.8, 4) is 22.9 Å². The highest BCUT2D eigenvalue weighted by Crippen LogP contribution is 2.45. The number of ether oxygens (including phenoxy) is 2. The van der Waals surface area contributed by atoms with Gasteiger partial charge in [0, 0.05) is 17.0 Å². The number of halogens is 1. The van der Waals surface area contributed by atoms with Gasteiger partial charge in [-0.1, -0.05) is 45.9 Å². The van der Waals surface area contributed by atoms with Crippen molar-refractivity contribution in [2.24, 2.45) is 0 Å². The summed E-state index contributed by atoms with van der Waals surface area (Å²) in [5.41, 5.74) is 2.56. The highest BCUT2D eigenvalue weighted by molar-refractivity contribution is 9.10. The van der Waals surface area contributed by atoms with Gasteiger partial charge in [-0.25, -0.2) is 0 Å². The minimum absolute atomic E-state index is 0.185. The summed E-state index contributed by atoms with van der Waals surface area (Å²) in [6.07, 6.45) is 1.07. The monoisotopic (exact) mass is 472 g/mol. The van der Waals surface area contributed by atoms with Crippen LogP contribution in [-0.4, -0.2) is 34.5 Å². The molecule has 7 nitrogen and oxygen atoms in total. The molecule has 148 valence electrons. The van der Waals surface area contributed by atoms with Gasteiger partial charge in [0.05, 0.1) is 18.4 Å². The number of amides is 1. The van der Waals surface area contributed by atoms with Crippen molar-refractivity contribution in [1.82, 2.24) is 15.2 Å². The standard InChI is InChI=1S/C20H17BrN4O3S/c1-11(26)25-15-7-5-4-6-13(15)17-18(22-20(29-3)24-23-17)28-19(25)14-10-12(21)8-9-16(14)27-2/h4-10,19H,1-3H3. The first kappa shape index (κ1) is 19.7. The highest BCUT2D eigenvalue weighted by atomic mass is 79.9. The molecule has 9 heteroatoms. The van der Waals surface area contributed by atoms with Crippen molar-refractivity contribution in [3.63, 3.8) is 0 Å². The zero-order valence-electron chi connectivity index (χ0n) is 15.9. The number of para-hydroxylation sites is 1. The summed E-state index contributed by atoms with van der Waals surface area (Å²) in [6.45, 7) is 1.50. The Morgan fingerprint density at radius 3 is 2.76 bits per heavy atom. The van der Waals surface area contributed by atoms with E-state index in [4.69, 9.17) is 9.47 Å². The van der Waals surface area contributed by atoms with Gasteiger partial charge in [0.25, 0.3) is 0 Å². The van der Waals surface area contributed by atoms with E-state index in [0.29, 0.717) is 33.7 Å². The summed E-state index contributed by atoms with van der Waals surface area (Å²) < 4.78 is 12.7. The van der Waals surface area contributed by atoms with E-state index < -0.39 is 6.23 Å². The number of hydrogen-bond acceptors (Lipinski definition) is 7. The number of nitrogens with zero attached hydrogens (tertiary/aromatic N) is 4. The number of benzene rings is 2. The van der Waals surface area contributed by atoms with Gasteiger partial charge in [-0.3, -0.25) is 9.69 Å². The normalized spacial score (nSPS) is 15.0. The molecule has 0 spiro atoms. The number of carbonyl (C=O) groups is 1. The minimum Gasteiger partial charge on any atom is -0.496 e. The summed E-state index contributed by atoms with van der Waals surface area (Å²) in [5, 5.41) is 8.97. The van der Waals surface area contributed by atoms with Crippen molar-refractivity contribution in [2.75, 3.05) is 18.3 Å². The molecule has 0 radical (unpaired) electrons. The van der Waals surface area contributed by atoms with Crippen molar-refractivity contribution in [3.05, 3.63) is 52.5 Å². The first-order valence-corrected chi connectivity index (χ1v) is 10.7. The van der Waals surface area contributed by atoms with Gasteiger partial charge in [0.2, 0.25) is 23.2 Å². The number of carbonyl (C=O) groups excluding carboxylic acids is 1. The predicted octanol–water partition coefficient (Wildman–Crippen LogP) is 4.48.